The van der Waals surface area contributed by atoms with E-state index in [2.05, 4.69) is 26.1 Å². The number of esters is 1. The molecular weight excluding hydrogens is 582 g/mol. The third-order valence-corrected chi connectivity index (χ3v) is 14.4. The molecule has 1 unspecified atom stereocenters. The number of aliphatic hydroxyl groups excluding tert-OH is 1. The van der Waals surface area contributed by atoms with Crippen LogP contribution < -0.4 is 5.32 Å². The van der Waals surface area contributed by atoms with Crippen LogP contribution in [0.3, 0.4) is 0 Å². The van der Waals surface area contributed by atoms with Gasteiger partial charge in [0, 0.05) is 11.0 Å². The summed E-state index contributed by atoms with van der Waals surface area (Å²) in [5.74, 6) is -1.16. The van der Waals surface area contributed by atoms with Gasteiger partial charge in [-0.15, -0.1) is 0 Å². The maximum Gasteiger partial charge on any atom is 0.337 e. The molecule has 0 aliphatic carbocycles. The van der Waals surface area contributed by atoms with Gasteiger partial charge in [0.1, 0.15) is 12.2 Å². The maximum absolute atomic E-state index is 14.2. The Morgan fingerprint density at radius 2 is 1.38 bits per heavy atom. The van der Waals surface area contributed by atoms with Crippen LogP contribution in [0.4, 0.5) is 0 Å². The lowest BCUT2D eigenvalue weighted by Crippen LogP contribution is -2.52. The summed E-state index contributed by atoms with van der Waals surface area (Å²) in [5.41, 5.74) is 1.47. The number of hydrogen-bond donors (Lipinski definition) is 2. The number of nitrogens with one attached hydrogen (secondary N) is 1. The summed E-state index contributed by atoms with van der Waals surface area (Å²) in [6.07, 6.45) is -2.44. The molecule has 0 aliphatic rings. The van der Waals surface area contributed by atoms with Crippen molar-refractivity contribution >= 4 is 26.0 Å². The highest BCUT2D eigenvalue weighted by Gasteiger charge is 2.45. The normalized spacial score (nSPS) is 16.5. The molecule has 45 heavy (non-hydrogen) atoms. The van der Waals surface area contributed by atoms with Crippen molar-refractivity contribution < 1.29 is 28.7 Å². The van der Waals surface area contributed by atoms with E-state index < -0.39 is 44.1 Å². The van der Waals surface area contributed by atoms with Crippen molar-refractivity contribution in [2.75, 3.05) is 0 Å². The molecule has 0 heterocycles. The summed E-state index contributed by atoms with van der Waals surface area (Å²) < 4.78 is 12.8. The van der Waals surface area contributed by atoms with E-state index in [0.29, 0.717) is 22.3 Å². The first-order chi connectivity index (χ1) is 20.8. The first-order valence-electron chi connectivity index (χ1n) is 15.9. The average molecular weight is 638 g/mol. The summed E-state index contributed by atoms with van der Waals surface area (Å²) in [4.78, 5) is 41.0. The number of ketones is 1. The van der Waals surface area contributed by atoms with Gasteiger partial charge in [-0.2, -0.15) is 0 Å². The van der Waals surface area contributed by atoms with E-state index in [1.54, 1.807) is 45.0 Å². The molecule has 0 saturated carbocycles. The number of carbonyl (C=O) groups excluding carboxylic acids is 3. The van der Waals surface area contributed by atoms with Gasteiger partial charge in [-0.25, -0.2) is 4.79 Å². The molecule has 2 aromatic rings. The molecule has 0 radical (unpaired) electrons. The smallest absolute Gasteiger partial charge is 0.337 e. The van der Waals surface area contributed by atoms with Gasteiger partial charge in [0.25, 0.3) is 5.91 Å². The molecule has 248 valence electrons. The van der Waals surface area contributed by atoms with Crippen LogP contribution in [0.25, 0.3) is 0 Å². The fourth-order valence-corrected chi connectivity index (χ4v) is 5.94. The van der Waals surface area contributed by atoms with Gasteiger partial charge in [-0.05, 0) is 73.7 Å². The molecule has 2 rings (SSSR count). The molecule has 2 aromatic carbocycles. The number of carbonyl (C=O) groups is 3. The predicted octanol–water partition coefficient (Wildman–Crippen LogP) is 7.82. The van der Waals surface area contributed by atoms with Crippen molar-refractivity contribution in [1.82, 2.24) is 5.32 Å². The highest BCUT2D eigenvalue weighted by molar-refractivity contribution is 6.74. The van der Waals surface area contributed by atoms with Gasteiger partial charge in [-0.3, -0.25) is 9.59 Å². The lowest BCUT2D eigenvalue weighted by atomic mass is 9.72. The summed E-state index contributed by atoms with van der Waals surface area (Å²) in [6.45, 7) is 23.3. The van der Waals surface area contributed by atoms with Crippen LogP contribution in [-0.4, -0.2) is 49.4 Å². The Balaban J connectivity index is 2.52. The molecule has 5 atom stereocenters. The second-order valence-electron chi connectivity index (χ2n) is 14.3. The Labute approximate surface area is 271 Å². The van der Waals surface area contributed by atoms with E-state index in [-0.39, 0.29) is 22.6 Å². The van der Waals surface area contributed by atoms with Crippen molar-refractivity contribution in [1.29, 1.82) is 0 Å². The van der Waals surface area contributed by atoms with Crippen LogP contribution in [-0.2, 0) is 18.8 Å². The highest BCUT2D eigenvalue weighted by Crippen LogP contribution is 2.39. The minimum Gasteiger partial charge on any atom is -0.456 e. The zero-order valence-electron chi connectivity index (χ0n) is 29.4. The van der Waals surface area contributed by atoms with Gasteiger partial charge >= 0.3 is 5.97 Å². The van der Waals surface area contributed by atoms with Crippen molar-refractivity contribution in [2.45, 2.75) is 118 Å². The summed E-state index contributed by atoms with van der Waals surface area (Å²) in [7, 11) is -2.57. The monoisotopic (exact) mass is 637 g/mol. The molecule has 0 aromatic heterocycles. The van der Waals surface area contributed by atoms with E-state index in [1.165, 1.54) is 0 Å². The third-order valence-electron chi connectivity index (χ3n) is 9.91. The second kappa shape index (κ2) is 15.5. The molecule has 8 heteroatoms. The van der Waals surface area contributed by atoms with E-state index in [9.17, 15) is 19.5 Å². The van der Waals surface area contributed by atoms with Gasteiger partial charge in [-0.1, -0.05) is 103 Å². The first-order valence-corrected chi connectivity index (χ1v) is 18.9. The Bertz CT molecular complexity index is 1330. The van der Waals surface area contributed by atoms with Crippen molar-refractivity contribution in [3.05, 3.63) is 82.9 Å². The van der Waals surface area contributed by atoms with Gasteiger partial charge in [0.15, 0.2) is 20.2 Å². The van der Waals surface area contributed by atoms with Crippen molar-refractivity contribution in [3.63, 3.8) is 0 Å². The maximum atomic E-state index is 14.2. The molecule has 0 bridgehead atoms. The molecule has 1 amide bonds. The number of Topliss-reactive ketones (excluding diaryl/α,β-unsaturated/α-hetero) is 1. The van der Waals surface area contributed by atoms with Gasteiger partial charge < -0.3 is 19.6 Å². The van der Waals surface area contributed by atoms with Crippen molar-refractivity contribution in [3.8, 4) is 0 Å². The Kier molecular flexibility index (Phi) is 13.1. The lowest BCUT2D eigenvalue weighted by Gasteiger charge is -2.41. The fourth-order valence-electron chi connectivity index (χ4n) is 4.72. The minimum atomic E-state index is -2.57. The van der Waals surface area contributed by atoms with Crippen molar-refractivity contribution in [2.24, 2.45) is 11.3 Å². The Morgan fingerprint density at radius 3 is 1.87 bits per heavy atom. The lowest BCUT2D eigenvalue weighted by molar-refractivity contribution is -0.157. The van der Waals surface area contributed by atoms with Crippen LogP contribution in [0.5, 0.6) is 0 Å². The summed E-state index contributed by atoms with van der Waals surface area (Å²) in [6, 6.07) is 17.3. The first kappa shape index (κ1) is 38.1. The molecular formula is C37H55NO6Si. The van der Waals surface area contributed by atoms with E-state index in [1.807, 2.05) is 77.2 Å². The SMILES string of the molecule is CC[C@H](C)C(C)(C)C(=O)[C@H](O)/C(C)=C(\C)C(C)OC(=O)[C@H](O[Si](C)(C)C(C)(C)C)[C@@H](NC(=O)c1ccccc1)c1ccccc1. The van der Waals surface area contributed by atoms with Crippen LogP contribution in [0.2, 0.25) is 18.1 Å². The summed E-state index contributed by atoms with van der Waals surface area (Å²) in [5, 5.41) is 13.9. The third kappa shape index (κ3) is 9.47. The predicted molar refractivity (Wildman–Crippen MR) is 183 cm³/mol. The quantitative estimate of drug-likeness (QED) is 0.124. The molecule has 0 saturated heterocycles. The fraction of sp³-hybridized carbons (Fsp3) is 0.541. The Hall–Kier alpha value is -3.07. The van der Waals surface area contributed by atoms with E-state index >= 15 is 0 Å². The van der Waals surface area contributed by atoms with Crippen LogP contribution in [0.15, 0.2) is 71.8 Å². The number of rotatable bonds is 14. The zero-order valence-corrected chi connectivity index (χ0v) is 30.4. The zero-order chi connectivity index (χ0) is 34.3. The highest BCUT2D eigenvalue weighted by atomic mass is 28.4. The standard InChI is InChI=1S/C37H55NO6Si/c1-13-24(2)37(9,10)33(40)31(39)26(4)25(3)27(5)43-35(42)32(44-45(11,12)36(6,7)8)30(28-20-16-14-17-21-28)38-34(41)29-22-18-15-19-23-29/h14-24,27,30-32,39H,13H2,1-12H3,(H,38,41)/b26-25+/t24-,27?,30-,31+,32+/m0/s1. The van der Waals surface area contributed by atoms with E-state index in [4.69, 9.17) is 9.16 Å². The largest absolute Gasteiger partial charge is 0.456 e. The number of aliphatic hydroxyl groups is 1. The number of hydrogen-bond acceptors (Lipinski definition) is 6. The Morgan fingerprint density at radius 1 is 0.867 bits per heavy atom. The number of benzene rings is 2. The van der Waals surface area contributed by atoms with E-state index in [0.717, 1.165) is 6.42 Å². The molecule has 2 N–H and O–H groups in total. The second-order valence-corrected chi connectivity index (χ2v) is 19.0. The molecule has 0 spiro atoms. The molecule has 0 aliphatic heterocycles. The minimum absolute atomic E-state index is 0.0808. The number of amides is 1. The van der Waals surface area contributed by atoms with Crippen LogP contribution in [0, 0.1) is 11.3 Å². The average Bonchev–Trinajstić information content (AvgIpc) is 3.00. The van der Waals surface area contributed by atoms with Gasteiger partial charge in [0.05, 0.1) is 6.04 Å². The molecule has 0 fully saturated rings. The summed E-state index contributed by atoms with van der Waals surface area (Å²) >= 11 is 0. The number of ether oxygens (including phenoxy) is 1. The van der Waals surface area contributed by atoms with Gasteiger partial charge in [0.2, 0.25) is 0 Å². The molecule has 7 nitrogen and oxygen atoms in total. The van der Waals surface area contributed by atoms with Crippen LogP contribution in [0.1, 0.15) is 97.6 Å². The van der Waals surface area contributed by atoms with Crippen LogP contribution >= 0.6 is 0 Å². The topological polar surface area (TPSA) is 102 Å².